The van der Waals surface area contributed by atoms with Crippen molar-refractivity contribution in [3.8, 4) is 0 Å². The molecule has 0 bridgehead atoms. The normalized spacial score (nSPS) is 11.9. The van der Waals surface area contributed by atoms with Gasteiger partial charge in [-0.05, 0) is 52.3 Å². The summed E-state index contributed by atoms with van der Waals surface area (Å²) in [6, 6.07) is 6.91. The highest BCUT2D eigenvalue weighted by atomic mass is 32.2. The van der Waals surface area contributed by atoms with E-state index in [1.165, 1.54) is 18.7 Å². The van der Waals surface area contributed by atoms with Crippen LogP contribution in [0, 0.1) is 20.8 Å². The van der Waals surface area contributed by atoms with Crippen LogP contribution in [0.25, 0.3) is 0 Å². The van der Waals surface area contributed by atoms with E-state index in [4.69, 9.17) is 0 Å². The second kappa shape index (κ2) is 7.57. The van der Waals surface area contributed by atoms with E-state index in [0.717, 1.165) is 17.0 Å². The Balaban J connectivity index is 2.07. The first kappa shape index (κ1) is 18.1. The van der Waals surface area contributed by atoms with Crippen LogP contribution in [0.5, 0.6) is 0 Å². The standard InChI is InChI=1S/C18H21N3O2S/c1-10-11(2)19-18(20-12(10)3)24-14(5)17(23)21-16-8-6-7-15(9-16)13(4)22/h6-9,14H,1-5H3,(H,21,23)/t14-/m1/s1. The summed E-state index contributed by atoms with van der Waals surface area (Å²) in [4.78, 5) is 32.6. The van der Waals surface area contributed by atoms with Gasteiger partial charge in [0, 0.05) is 22.6 Å². The number of ketones is 1. The summed E-state index contributed by atoms with van der Waals surface area (Å²) in [6.07, 6.45) is 0. The fraction of sp³-hybridized carbons (Fsp3) is 0.333. The molecule has 0 saturated heterocycles. The number of Topliss-reactive ketones (excluding diaryl/α,β-unsaturated/α-hetero) is 1. The number of thioether (sulfide) groups is 1. The number of carbonyl (C=O) groups is 2. The van der Waals surface area contributed by atoms with Crippen LogP contribution in [0.1, 0.15) is 41.2 Å². The van der Waals surface area contributed by atoms with Crippen molar-refractivity contribution in [2.24, 2.45) is 0 Å². The average molecular weight is 343 g/mol. The van der Waals surface area contributed by atoms with Crippen LogP contribution in [0.3, 0.4) is 0 Å². The van der Waals surface area contributed by atoms with Gasteiger partial charge in [0.1, 0.15) is 0 Å². The number of benzene rings is 1. The lowest BCUT2D eigenvalue weighted by molar-refractivity contribution is -0.115. The maximum absolute atomic E-state index is 12.4. The number of hydrogen-bond donors (Lipinski definition) is 1. The van der Waals surface area contributed by atoms with Gasteiger partial charge in [0.15, 0.2) is 10.9 Å². The first-order valence-electron chi connectivity index (χ1n) is 7.68. The van der Waals surface area contributed by atoms with Gasteiger partial charge in [-0.25, -0.2) is 9.97 Å². The van der Waals surface area contributed by atoms with Gasteiger partial charge in [-0.2, -0.15) is 0 Å². The van der Waals surface area contributed by atoms with Crippen molar-refractivity contribution < 1.29 is 9.59 Å². The summed E-state index contributed by atoms with van der Waals surface area (Å²) >= 11 is 1.32. The lowest BCUT2D eigenvalue weighted by Gasteiger charge is -2.13. The minimum Gasteiger partial charge on any atom is -0.325 e. The molecule has 126 valence electrons. The van der Waals surface area contributed by atoms with Gasteiger partial charge in [0.05, 0.1) is 5.25 Å². The first-order valence-corrected chi connectivity index (χ1v) is 8.56. The molecule has 1 amide bonds. The van der Waals surface area contributed by atoms with Gasteiger partial charge in [0.2, 0.25) is 5.91 Å². The van der Waals surface area contributed by atoms with Gasteiger partial charge in [-0.3, -0.25) is 9.59 Å². The summed E-state index contributed by atoms with van der Waals surface area (Å²) in [6.45, 7) is 9.16. The van der Waals surface area contributed by atoms with E-state index in [1.54, 1.807) is 24.3 Å². The molecule has 0 unspecified atom stereocenters. The SMILES string of the molecule is CC(=O)c1cccc(NC(=O)[C@@H](C)Sc2nc(C)c(C)c(C)n2)c1. The minimum atomic E-state index is -0.354. The predicted molar refractivity (Wildman–Crippen MR) is 96.6 cm³/mol. The van der Waals surface area contributed by atoms with Crippen LogP contribution in [0.2, 0.25) is 0 Å². The Kier molecular flexibility index (Phi) is 5.72. The molecule has 0 aliphatic rings. The number of anilines is 1. The second-order valence-electron chi connectivity index (χ2n) is 5.69. The van der Waals surface area contributed by atoms with E-state index >= 15 is 0 Å². The Morgan fingerprint density at radius 2 is 1.75 bits per heavy atom. The molecule has 1 N–H and O–H groups in total. The zero-order valence-electron chi connectivity index (χ0n) is 14.5. The molecule has 0 fully saturated rings. The van der Waals surface area contributed by atoms with Gasteiger partial charge < -0.3 is 5.32 Å². The molecule has 5 nitrogen and oxygen atoms in total. The Labute approximate surface area is 146 Å². The molecule has 1 atom stereocenters. The van der Waals surface area contributed by atoms with E-state index in [1.807, 2.05) is 27.7 Å². The molecular formula is C18H21N3O2S. The number of hydrogen-bond acceptors (Lipinski definition) is 5. The van der Waals surface area contributed by atoms with Crippen LogP contribution < -0.4 is 5.32 Å². The van der Waals surface area contributed by atoms with Crippen molar-refractivity contribution in [3.63, 3.8) is 0 Å². The Bertz CT molecular complexity index is 767. The zero-order valence-corrected chi connectivity index (χ0v) is 15.3. The largest absolute Gasteiger partial charge is 0.325 e. The average Bonchev–Trinajstić information content (AvgIpc) is 2.52. The van der Waals surface area contributed by atoms with Gasteiger partial charge in [0.25, 0.3) is 0 Å². The fourth-order valence-electron chi connectivity index (χ4n) is 2.07. The molecule has 1 aromatic carbocycles. The lowest BCUT2D eigenvalue weighted by Crippen LogP contribution is -2.23. The van der Waals surface area contributed by atoms with Crippen LogP contribution >= 0.6 is 11.8 Å². The summed E-state index contributed by atoms with van der Waals surface area (Å²) < 4.78 is 0. The molecule has 0 aliphatic carbocycles. The summed E-state index contributed by atoms with van der Waals surface area (Å²) in [5.41, 5.74) is 4.09. The van der Waals surface area contributed by atoms with Gasteiger partial charge in [-0.1, -0.05) is 23.9 Å². The highest BCUT2D eigenvalue weighted by molar-refractivity contribution is 8.00. The molecule has 0 aliphatic heterocycles. The summed E-state index contributed by atoms with van der Waals surface area (Å²) in [5.74, 6) is -0.187. The third-order valence-corrected chi connectivity index (χ3v) is 4.76. The van der Waals surface area contributed by atoms with Crippen molar-refractivity contribution >= 4 is 29.1 Å². The zero-order chi connectivity index (χ0) is 17.9. The molecule has 2 rings (SSSR count). The monoisotopic (exact) mass is 343 g/mol. The number of aryl methyl sites for hydroxylation is 2. The van der Waals surface area contributed by atoms with Crippen molar-refractivity contribution in [1.29, 1.82) is 0 Å². The number of carbonyl (C=O) groups excluding carboxylic acids is 2. The van der Waals surface area contributed by atoms with E-state index < -0.39 is 0 Å². The molecule has 0 spiro atoms. The quantitative estimate of drug-likeness (QED) is 0.509. The minimum absolute atomic E-state index is 0.0347. The number of amides is 1. The molecular weight excluding hydrogens is 322 g/mol. The maximum Gasteiger partial charge on any atom is 0.237 e. The molecule has 1 aromatic heterocycles. The van der Waals surface area contributed by atoms with E-state index in [0.29, 0.717) is 16.4 Å². The number of nitrogens with zero attached hydrogens (tertiary/aromatic N) is 2. The Morgan fingerprint density at radius 3 is 2.33 bits per heavy atom. The van der Waals surface area contributed by atoms with E-state index in [-0.39, 0.29) is 16.9 Å². The number of rotatable bonds is 5. The third kappa shape index (κ3) is 4.41. The van der Waals surface area contributed by atoms with Crippen molar-refractivity contribution in [3.05, 3.63) is 46.8 Å². The topological polar surface area (TPSA) is 72.0 Å². The van der Waals surface area contributed by atoms with Crippen molar-refractivity contribution in [1.82, 2.24) is 9.97 Å². The number of nitrogens with one attached hydrogen (secondary N) is 1. The molecule has 0 radical (unpaired) electrons. The predicted octanol–water partition coefficient (Wildman–Crippen LogP) is 3.72. The van der Waals surface area contributed by atoms with Crippen molar-refractivity contribution in [2.75, 3.05) is 5.32 Å². The first-order chi connectivity index (χ1) is 11.3. The molecule has 2 aromatic rings. The molecule has 0 saturated carbocycles. The molecule has 6 heteroatoms. The van der Waals surface area contributed by atoms with E-state index in [9.17, 15) is 9.59 Å². The van der Waals surface area contributed by atoms with Crippen LogP contribution in [-0.2, 0) is 4.79 Å². The summed E-state index contributed by atoms with van der Waals surface area (Å²) in [5, 5.41) is 3.07. The highest BCUT2D eigenvalue weighted by Gasteiger charge is 2.17. The Morgan fingerprint density at radius 1 is 1.12 bits per heavy atom. The van der Waals surface area contributed by atoms with Gasteiger partial charge >= 0.3 is 0 Å². The second-order valence-corrected chi connectivity index (χ2v) is 7.00. The Hall–Kier alpha value is -2.21. The van der Waals surface area contributed by atoms with Crippen molar-refractivity contribution in [2.45, 2.75) is 45.0 Å². The lowest BCUT2D eigenvalue weighted by atomic mass is 10.1. The smallest absolute Gasteiger partial charge is 0.237 e. The van der Waals surface area contributed by atoms with Crippen LogP contribution in [-0.4, -0.2) is 26.9 Å². The molecule has 1 heterocycles. The fourth-order valence-corrected chi connectivity index (χ4v) is 2.93. The van der Waals surface area contributed by atoms with E-state index in [2.05, 4.69) is 15.3 Å². The maximum atomic E-state index is 12.4. The third-order valence-electron chi connectivity index (χ3n) is 3.80. The highest BCUT2D eigenvalue weighted by Crippen LogP contribution is 2.23. The van der Waals surface area contributed by atoms with Gasteiger partial charge in [-0.15, -0.1) is 0 Å². The van der Waals surface area contributed by atoms with Crippen LogP contribution in [0.4, 0.5) is 5.69 Å². The summed E-state index contributed by atoms with van der Waals surface area (Å²) in [7, 11) is 0. The molecule has 24 heavy (non-hydrogen) atoms. The number of aromatic nitrogens is 2. The van der Waals surface area contributed by atoms with Crippen LogP contribution in [0.15, 0.2) is 29.4 Å².